The molecule has 168 valence electrons. The third-order valence-corrected chi connectivity index (χ3v) is 7.03. The summed E-state index contributed by atoms with van der Waals surface area (Å²) in [7, 11) is -3.87. The molecule has 1 amide bonds. The molecule has 31 heavy (non-hydrogen) atoms. The number of benzene rings is 2. The van der Waals surface area contributed by atoms with Gasteiger partial charge in [0.15, 0.2) is 0 Å². The zero-order valence-electron chi connectivity index (χ0n) is 18.0. The number of rotatable bonds is 9. The van der Waals surface area contributed by atoms with E-state index in [9.17, 15) is 13.2 Å². The molecule has 2 aromatic rings. The van der Waals surface area contributed by atoms with Crippen molar-refractivity contribution in [2.75, 3.05) is 6.61 Å². The Morgan fingerprint density at radius 2 is 1.65 bits per heavy atom. The van der Waals surface area contributed by atoms with E-state index in [0.717, 1.165) is 31.2 Å². The predicted octanol–water partition coefficient (Wildman–Crippen LogP) is 3.81. The first-order chi connectivity index (χ1) is 15.0. The molecule has 0 saturated heterocycles. The van der Waals surface area contributed by atoms with Crippen molar-refractivity contribution >= 4 is 15.9 Å². The van der Waals surface area contributed by atoms with Crippen LogP contribution in [0.5, 0.6) is 5.75 Å². The van der Waals surface area contributed by atoms with Crippen LogP contribution in [0, 0.1) is 0 Å². The third kappa shape index (κ3) is 7.08. The Labute approximate surface area is 185 Å². The van der Waals surface area contributed by atoms with Crippen LogP contribution < -0.4 is 14.8 Å². The summed E-state index contributed by atoms with van der Waals surface area (Å²) in [4.78, 5) is 13.2. The monoisotopic (exact) mass is 444 g/mol. The van der Waals surface area contributed by atoms with Crippen LogP contribution >= 0.6 is 0 Å². The zero-order valence-corrected chi connectivity index (χ0v) is 18.9. The van der Waals surface area contributed by atoms with Gasteiger partial charge in [0.05, 0.1) is 11.5 Å². The molecule has 1 aliphatic rings. The van der Waals surface area contributed by atoms with Crippen molar-refractivity contribution in [1.29, 1.82) is 0 Å². The predicted molar refractivity (Wildman–Crippen MR) is 121 cm³/mol. The van der Waals surface area contributed by atoms with Gasteiger partial charge in [-0.1, -0.05) is 56.0 Å². The van der Waals surface area contributed by atoms with Gasteiger partial charge in [-0.3, -0.25) is 4.79 Å². The smallest absolute Gasteiger partial charge is 0.241 e. The van der Waals surface area contributed by atoms with Crippen molar-refractivity contribution in [3.8, 4) is 5.75 Å². The van der Waals surface area contributed by atoms with Crippen LogP contribution in [0.25, 0.3) is 0 Å². The molecule has 0 aromatic heterocycles. The molecule has 7 heteroatoms. The molecular weight excluding hydrogens is 412 g/mol. The van der Waals surface area contributed by atoms with Crippen LogP contribution in [-0.4, -0.2) is 33.0 Å². The van der Waals surface area contributed by atoms with Gasteiger partial charge >= 0.3 is 0 Å². The summed E-state index contributed by atoms with van der Waals surface area (Å²) in [5.74, 6) is 0.332. The fourth-order valence-electron chi connectivity index (χ4n) is 3.90. The van der Waals surface area contributed by atoms with Crippen molar-refractivity contribution in [3.05, 3.63) is 60.2 Å². The summed E-state index contributed by atoms with van der Waals surface area (Å²) in [6.07, 6.45) is 6.72. The van der Waals surface area contributed by atoms with E-state index >= 15 is 0 Å². The van der Waals surface area contributed by atoms with E-state index in [-0.39, 0.29) is 23.3 Å². The second-order valence-electron chi connectivity index (χ2n) is 7.97. The minimum absolute atomic E-state index is 0.100. The van der Waals surface area contributed by atoms with Gasteiger partial charge < -0.3 is 10.1 Å². The van der Waals surface area contributed by atoms with E-state index in [2.05, 4.69) is 10.0 Å². The number of carbonyl (C=O) groups is 1. The number of hydrogen-bond donors (Lipinski definition) is 2. The van der Waals surface area contributed by atoms with Gasteiger partial charge in [0, 0.05) is 6.04 Å². The topological polar surface area (TPSA) is 84.5 Å². The van der Waals surface area contributed by atoms with Crippen molar-refractivity contribution < 1.29 is 17.9 Å². The number of amides is 1. The average Bonchev–Trinajstić information content (AvgIpc) is 3.03. The summed E-state index contributed by atoms with van der Waals surface area (Å²) in [6.45, 7) is 2.37. The molecule has 1 atom stereocenters. The Balaban J connectivity index is 1.76. The van der Waals surface area contributed by atoms with E-state index in [4.69, 9.17) is 4.74 Å². The molecule has 0 radical (unpaired) electrons. The largest absolute Gasteiger partial charge is 0.494 e. The lowest BCUT2D eigenvalue weighted by atomic mass is 10.0. The zero-order chi connectivity index (χ0) is 22.1. The second kappa shape index (κ2) is 11.3. The number of sulfonamides is 1. The maximum atomic E-state index is 13.1. The Morgan fingerprint density at radius 1 is 1.00 bits per heavy atom. The SMILES string of the molecule is CCOc1ccc(S(=O)(=O)NC(Cc2ccccc2)C(=O)NC2CCCCCC2)cc1. The van der Waals surface area contributed by atoms with Crippen LogP contribution in [0.2, 0.25) is 0 Å². The molecule has 1 fully saturated rings. The Hall–Kier alpha value is -2.38. The van der Waals surface area contributed by atoms with E-state index in [1.54, 1.807) is 12.1 Å². The highest BCUT2D eigenvalue weighted by molar-refractivity contribution is 7.89. The van der Waals surface area contributed by atoms with Gasteiger partial charge in [0.1, 0.15) is 11.8 Å². The summed E-state index contributed by atoms with van der Waals surface area (Å²) in [5.41, 5.74) is 0.901. The second-order valence-corrected chi connectivity index (χ2v) is 9.68. The van der Waals surface area contributed by atoms with Crippen LogP contribution in [0.1, 0.15) is 51.0 Å². The van der Waals surface area contributed by atoms with E-state index in [1.165, 1.54) is 25.0 Å². The maximum Gasteiger partial charge on any atom is 0.241 e. The lowest BCUT2D eigenvalue weighted by molar-refractivity contribution is -0.123. The highest BCUT2D eigenvalue weighted by atomic mass is 32.2. The molecule has 0 heterocycles. The Kier molecular flexibility index (Phi) is 8.49. The maximum absolute atomic E-state index is 13.1. The molecule has 0 spiro atoms. The van der Waals surface area contributed by atoms with Crippen molar-refractivity contribution in [3.63, 3.8) is 0 Å². The molecule has 0 aliphatic heterocycles. The quantitative estimate of drug-likeness (QED) is 0.576. The molecule has 1 aliphatic carbocycles. The Morgan fingerprint density at radius 3 is 2.26 bits per heavy atom. The summed E-state index contributed by atoms with van der Waals surface area (Å²) in [5, 5.41) is 3.09. The van der Waals surface area contributed by atoms with E-state index < -0.39 is 16.1 Å². The summed E-state index contributed by atoms with van der Waals surface area (Å²) < 4.78 is 34.1. The summed E-state index contributed by atoms with van der Waals surface area (Å²) in [6, 6.07) is 14.9. The highest BCUT2D eigenvalue weighted by Gasteiger charge is 2.28. The minimum atomic E-state index is -3.87. The molecule has 2 N–H and O–H groups in total. The van der Waals surface area contributed by atoms with Gasteiger partial charge in [-0.2, -0.15) is 4.72 Å². The molecule has 6 nitrogen and oxygen atoms in total. The normalized spacial score (nSPS) is 16.3. The van der Waals surface area contributed by atoms with Gasteiger partial charge in [-0.15, -0.1) is 0 Å². The number of carbonyl (C=O) groups excluding carboxylic acids is 1. The lowest BCUT2D eigenvalue weighted by Crippen LogP contribution is -2.50. The molecule has 1 unspecified atom stereocenters. The van der Waals surface area contributed by atoms with Crippen LogP contribution in [0.3, 0.4) is 0 Å². The van der Waals surface area contributed by atoms with Crippen LogP contribution in [0.15, 0.2) is 59.5 Å². The molecule has 1 saturated carbocycles. The van der Waals surface area contributed by atoms with Gasteiger partial charge in [-0.05, 0) is 56.0 Å². The van der Waals surface area contributed by atoms with Gasteiger partial charge in [0.25, 0.3) is 0 Å². The van der Waals surface area contributed by atoms with E-state index in [0.29, 0.717) is 12.4 Å². The van der Waals surface area contributed by atoms with Crippen molar-refractivity contribution in [2.45, 2.75) is 68.8 Å². The fraction of sp³-hybridized carbons (Fsp3) is 0.458. The minimum Gasteiger partial charge on any atom is -0.494 e. The average molecular weight is 445 g/mol. The van der Waals surface area contributed by atoms with Gasteiger partial charge in [0.2, 0.25) is 15.9 Å². The van der Waals surface area contributed by atoms with Crippen LogP contribution in [0.4, 0.5) is 0 Å². The molecule has 3 rings (SSSR count). The standard InChI is InChI=1S/C24H32N2O4S/c1-2-30-21-14-16-22(17-15-21)31(28,29)26-23(18-19-10-6-5-7-11-19)24(27)25-20-12-8-3-4-9-13-20/h5-7,10-11,14-17,20,23,26H,2-4,8-9,12-13,18H2,1H3,(H,25,27). The lowest BCUT2D eigenvalue weighted by Gasteiger charge is -2.23. The molecule has 2 aromatic carbocycles. The summed E-state index contributed by atoms with van der Waals surface area (Å²) >= 11 is 0. The third-order valence-electron chi connectivity index (χ3n) is 5.54. The number of hydrogen-bond acceptors (Lipinski definition) is 4. The first kappa shape index (κ1) is 23.3. The highest BCUT2D eigenvalue weighted by Crippen LogP contribution is 2.19. The first-order valence-corrected chi connectivity index (χ1v) is 12.6. The number of nitrogens with one attached hydrogen (secondary N) is 2. The van der Waals surface area contributed by atoms with E-state index in [1.807, 2.05) is 37.3 Å². The molecular formula is C24H32N2O4S. The molecule has 0 bridgehead atoms. The van der Waals surface area contributed by atoms with Crippen LogP contribution in [-0.2, 0) is 21.2 Å². The van der Waals surface area contributed by atoms with Gasteiger partial charge in [-0.25, -0.2) is 8.42 Å². The fourth-order valence-corrected chi connectivity index (χ4v) is 5.10. The first-order valence-electron chi connectivity index (χ1n) is 11.1. The number of ether oxygens (including phenoxy) is 1. The van der Waals surface area contributed by atoms with Crippen molar-refractivity contribution in [2.24, 2.45) is 0 Å². The van der Waals surface area contributed by atoms with Crippen molar-refractivity contribution in [1.82, 2.24) is 10.0 Å². The Bertz CT molecular complexity index is 922.